The maximum atomic E-state index is 13.9. The molecule has 0 saturated carbocycles. The lowest BCUT2D eigenvalue weighted by Gasteiger charge is -2.31. The van der Waals surface area contributed by atoms with Gasteiger partial charge in [0.1, 0.15) is 0 Å². The van der Waals surface area contributed by atoms with Gasteiger partial charge in [0.15, 0.2) is 11.5 Å². The van der Waals surface area contributed by atoms with Crippen molar-refractivity contribution in [3.05, 3.63) is 29.6 Å². The Labute approximate surface area is 189 Å². The second-order valence-corrected chi connectivity index (χ2v) is 7.81. The van der Waals surface area contributed by atoms with Gasteiger partial charge in [0.05, 0.1) is 18.9 Å². The van der Waals surface area contributed by atoms with Crippen molar-refractivity contribution < 1.29 is 27.5 Å². The average Bonchev–Trinajstić information content (AvgIpc) is 3.27. The fraction of sp³-hybridized carbons (Fsp3) is 0.571. The Hall–Kier alpha value is -3.18. The summed E-state index contributed by atoms with van der Waals surface area (Å²) in [4.78, 5) is 26.6. The van der Waals surface area contributed by atoms with Crippen LogP contribution in [0.3, 0.4) is 0 Å². The third-order valence-electron chi connectivity index (χ3n) is 5.55. The van der Waals surface area contributed by atoms with Crippen LogP contribution >= 0.6 is 0 Å². The molecule has 33 heavy (non-hydrogen) atoms. The summed E-state index contributed by atoms with van der Waals surface area (Å²) in [5.74, 6) is -1.17. The predicted molar refractivity (Wildman–Crippen MR) is 112 cm³/mol. The Balaban J connectivity index is 1.71. The van der Waals surface area contributed by atoms with E-state index in [1.54, 1.807) is 0 Å². The van der Waals surface area contributed by atoms with Gasteiger partial charge in [0.2, 0.25) is 11.8 Å². The number of nitrogens with one attached hydrogen (secondary N) is 1. The minimum atomic E-state index is -4.85. The normalized spacial score (nSPS) is 14.9. The van der Waals surface area contributed by atoms with Crippen LogP contribution in [-0.4, -0.2) is 63.4 Å². The van der Waals surface area contributed by atoms with E-state index in [4.69, 9.17) is 4.74 Å². The van der Waals surface area contributed by atoms with Crippen LogP contribution in [0.1, 0.15) is 55.1 Å². The zero-order chi connectivity index (χ0) is 24.0. The molecule has 1 saturated heterocycles. The molecule has 0 aliphatic carbocycles. The predicted octanol–water partition coefficient (Wildman–Crippen LogP) is 2.85. The smallest absolute Gasteiger partial charge is 0.434 e. The van der Waals surface area contributed by atoms with Crippen molar-refractivity contribution in [3.8, 4) is 11.7 Å². The minimum Gasteiger partial charge on any atom is -0.480 e. The largest absolute Gasteiger partial charge is 0.480 e. The third kappa shape index (κ3) is 5.79. The summed E-state index contributed by atoms with van der Waals surface area (Å²) in [6, 6.07) is 2.62. The SMILES string of the molecule is CCCCCNC(=O)C1CCN(C(=O)c2cnn(-c3ccc(OC)nn3)c2C(F)(F)F)CC1. The number of methoxy groups -OCH3 is 1. The monoisotopic (exact) mass is 468 g/mol. The summed E-state index contributed by atoms with van der Waals surface area (Å²) >= 11 is 0. The van der Waals surface area contributed by atoms with Gasteiger partial charge < -0.3 is 15.0 Å². The lowest BCUT2D eigenvalue weighted by molar-refractivity contribution is -0.143. The first-order valence-electron chi connectivity index (χ1n) is 10.9. The molecular weight excluding hydrogens is 441 g/mol. The summed E-state index contributed by atoms with van der Waals surface area (Å²) in [7, 11) is 1.36. The zero-order valence-electron chi connectivity index (χ0n) is 18.6. The molecule has 1 aliphatic rings. The highest BCUT2D eigenvalue weighted by Crippen LogP contribution is 2.34. The van der Waals surface area contributed by atoms with E-state index in [2.05, 4.69) is 27.5 Å². The fourth-order valence-corrected chi connectivity index (χ4v) is 3.73. The summed E-state index contributed by atoms with van der Waals surface area (Å²) in [5.41, 5.74) is -1.79. The van der Waals surface area contributed by atoms with Crippen molar-refractivity contribution in [1.82, 2.24) is 30.2 Å². The highest BCUT2D eigenvalue weighted by molar-refractivity contribution is 5.95. The van der Waals surface area contributed by atoms with Gasteiger partial charge in [-0.05, 0) is 25.3 Å². The highest BCUT2D eigenvalue weighted by Gasteiger charge is 2.42. The third-order valence-corrected chi connectivity index (χ3v) is 5.55. The minimum absolute atomic E-state index is 0.0694. The number of nitrogens with zero attached hydrogens (tertiary/aromatic N) is 5. The number of likely N-dealkylation sites (tertiary alicyclic amines) is 1. The maximum Gasteiger partial charge on any atom is 0.434 e. The van der Waals surface area contributed by atoms with E-state index >= 15 is 0 Å². The van der Waals surface area contributed by atoms with Crippen LogP contribution in [0.15, 0.2) is 18.3 Å². The van der Waals surface area contributed by atoms with Crippen LogP contribution in [0.5, 0.6) is 5.88 Å². The van der Waals surface area contributed by atoms with E-state index in [0.29, 0.717) is 24.1 Å². The Morgan fingerprint density at radius 1 is 1.18 bits per heavy atom. The van der Waals surface area contributed by atoms with Gasteiger partial charge in [0, 0.05) is 31.6 Å². The zero-order valence-corrected chi connectivity index (χ0v) is 18.6. The van der Waals surface area contributed by atoms with Gasteiger partial charge in [-0.1, -0.05) is 19.8 Å². The molecule has 9 nitrogen and oxygen atoms in total. The molecular formula is C21H27F3N6O3. The summed E-state index contributed by atoms with van der Waals surface area (Å²) in [5, 5.41) is 14.0. The first-order chi connectivity index (χ1) is 15.8. The van der Waals surface area contributed by atoms with E-state index in [9.17, 15) is 22.8 Å². The lowest BCUT2D eigenvalue weighted by atomic mass is 9.95. The van der Waals surface area contributed by atoms with Crippen molar-refractivity contribution in [2.75, 3.05) is 26.7 Å². The van der Waals surface area contributed by atoms with E-state index in [1.165, 1.54) is 24.1 Å². The van der Waals surface area contributed by atoms with Gasteiger partial charge in [0.25, 0.3) is 5.91 Å². The Morgan fingerprint density at radius 3 is 2.48 bits per heavy atom. The number of carbonyl (C=O) groups is 2. The van der Waals surface area contributed by atoms with Gasteiger partial charge in [-0.2, -0.15) is 18.3 Å². The molecule has 12 heteroatoms. The van der Waals surface area contributed by atoms with Crippen LogP contribution in [-0.2, 0) is 11.0 Å². The van der Waals surface area contributed by atoms with Crippen LogP contribution in [0.25, 0.3) is 5.82 Å². The molecule has 180 valence electrons. The van der Waals surface area contributed by atoms with Crippen LogP contribution in [0, 0.1) is 5.92 Å². The van der Waals surface area contributed by atoms with Crippen LogP contribution < -0.4 is 10.1 Å². The molecule has 2 amide bonds. The maximum absolute atomic E-state index is 13.9. The standard InChI is InChI=1S/C21H27F3N6O3/c1-3-4-5-10-25-19(31)14-8-11-29(12-9-14)20(32)15-13-26-30(18(15)21(22,23)24)16-6-7-17(33-2)28-27-16/h6-7,13-14H,3-5,8-12H2,1-2H3,(H,25,31). The second-order valence-electron chi connectivity index (χ2n) is 7.81. The summed E-state index contributed by atoms with van der Waals surface area (Å²) in [6.07, 6.45) is -0.177. The molecule has 3 rings (SSSR count). The number of ether oxygens (including phenoxy) is 1. The van der Waals surface area contributed by atoms with Gasteiger partial charge >= 0.3 is 6.18 Å². The van der Waals surface area contributed by atoms with Crippen molar-refractivity contribution in [2.45, 2.75) is 45.2 Å². The van der Waals surface area contributed by atoms with Crippen molar-refractivity contribution in [2.24, 2.45) is 5.92 Å². The molecule has 2 aromatic rings. The van der Waals surface area contributed by atoms with Crippen molar-refractivity contribution >= 4 is 11.8 Å². The average molecular weight is 468 g/mol. The van der Waals surface area contributed by atoms with Crippen molar-refractivity contribution in [1.29, 1.82) is 0 Å². The van der Waals surface area contributed by atoms with E-state index in [1.807, 2.05) is 0 Å². The van der Waals surface area contributed by atoms with E-state index in [-0.39, 0.29) is 36.6 Å². The summed E-state index contributed by atoms with van der Waals surface area (Å²) in [6.45, 7) is 3.06. The van der Waals surface area contributed by atoms with Gasteiger partial charge in [-0.15, -0.1) is 10.2 Å². The number of alkyl halides is 3. The van der Waals surface area contributed by atoms with E-state index in [0.717, 1.165) is 25.5 Å². The molecule has 0 spiro atoms. The quantitative estimate of drug-likeness (QED) is 0.598. The molecule has 1 N–H and O–H groups in total. The number of halogens is 3. The lowest BCUT2D eigenvalue weighted by Crippen LogP contribution is -2.43. The van der Waals surface area contributed by atoms with Gasteiger partial charge in [-0.25, -0.2) is 4.68 Å². The molecule has 0 radical (unpaired) electrons. The highest BCUT2D eigenvalue weighted by atomic mass is 19.4. The summed E-state index contributed by atoms with van der Waals surface area (Å²) < 4.78 is 47.1. The number of hydrogen-bond donors (Lipinski definition) is 1. The number of piperidine rings is 1. The molecule has 1 aliphatic heterocycles. The number of aromatic nitrogens is 4. The Morgan fingerprint density at radius 2 is 1.91 bits per heavy atom. The van der Waals surface area contributed by atoms with E-state index < -0.39 is 23.3 Å². The first-order valence-corrected chi connectivity index (χ1v) is 10.9. The Bertz CT molecular complexity index is 953. The molecule has 0 bridgehead atoms. The van der Waals surface area contributed by atoms with Gasteiger partial charge in [-0.3, -0.25) is 9.59 Å². The number of rotatable bonds is 8. The number of amides is 2. The topological polar surface area (TPSA) is 102 Å². The number of unbranched alkanes of at least 4 members (excludes halogenated alkanes) is 2. The van der Waals surface area contributed by atoms with Crippen LogP contribution in [0.2, 0.25) is 0 Å². The fourth-order valence-electron chi connectivity index (χ4n) is 3.73. The molecule has 0 aromatic carbocycles. The van der Waals surface area contributed by atoms with Crippen molar-refractivity contribution in [3.63, 3.8) is 0 Å². The second kappa shape index (κ2) is 10.6. The molecule has 1 fully saturated rings. The molecule has 0 unspecified atom stereocenters. The van der Waals surface area contributed by atoms with Crippen LogP contribution in [0.4, 0.5) is 13.2 Å². The number of carbonyl (C=O) groups excluding carboxylic acids is 2. The molecule has 2 aromatic heterocycles. The first kappa shape index (κ1) is 24.5. The molecule has 0 atom stereocenters. The number of hydrogen-bond acceptors (Lipinski definition) is 6. The molecule has 3 heterocycles. The Kier molecular flexibility index (Phi) is 7.88.